The minimum Gasteiger partial charge on any atom is -0.490 e. The number of rotatable bonds is 9. The predicted molar refractivity (Wildman–Crippen MR) is 141 cm³/mol. The van der Waals surface area contributed by atoms with Gasteiger partial charge in [-0.2, -0.15) is 4.99 Å². The van der Waals surface area contributed by atoms with Crippen molar-refractivity contribution < 1.29 is 28.8 Å². The van der Waals surface area contributed by atoms with Crippen LogP contribution < -0.4 is 15.8 Å². The number of nitrogens with zero attached hydrogens (tertiary/aromatic N) is 3. The number of guanidine groups is 1. The molecule has 0 aliphatic carbocycles. The smallest absolute Gasteiger partial charge is 0.414 e. The summed E-state index contributed by atoms with van der Waals surface area (Å²) in [6.07, 6.45) is 0.220. The van der Waals surface area contributed by atoms with Crippen LogP contribution in [0.25, 0.3) is 11.3 Å². The van der Waals surface area contributed by atoms with E-state index in [0.717, 1.165) is 4.90 Å². The van der Waals surface area contributed by atoms with Crippen molar-refractivity contribution in [2.75, 3.05) is 17.3 Å². The van der Waals surface area contributed by atoms with E-state index in [1.165, 1.54) is 0 Å². The SMILES string of the molecule is C=CCOc1ccc(-c2noc(C)c2C(=O)N=C(N)N(Cc2ccc(NC(=O)CBr)cc2)C(=O)O)cc1. The number of carbonyl (C=O) groups is 3. The van der Waals surface area contributed by atoms with Gasteiger partial charge < -0.3 is 25.4 Å². The number of amides is 3. The molecule has 0 bridgehead atoms. The zero-order valence-corrected chi connectivity index (χ0v) is 21.4. The van der Waals surface area contributed by atoms with Crippen molar-refractivity contribution in [2.24, 2.45) is 10.7 Å². The molecule has 3 aromatic rings. The van der Waals surface area contributed by atoms with Gasteiger partial charge in [-0.15, -0.1) is 0 Å². The molecule has 12 heteroatoms. The lowest BCUT2D eigenvalue weighted by Gasteiger charge is -2.18. The molecule has 37 heavy (non-hydrogen) atoms. The van der Waals surface area contributed by atoms with Gasteiger partial charge in [0.2, 0.25) is 11.9 Å². The van der Waals surface area contributed by atoms with Gasteiger partial charge in [-0.25, -0.2) is 9.69 Å². The third kappa shape index (κ3) is 7.04. The maximum absolute atomic E-state index is 13.0. The number of carboxylic acid groups (broad SMARTS) is 1. The Bertz CT molecular complexity index is 1320. The number of halogens is 1. The maximum Gasteiger partial charge on any atom is 0.414 e. The molecule has 0 atom stereocenters. The first-order valence-electron chi connectivity index (χ1n) is 10.9. The van der Waals surface area contributed by atoms with Crippen LogP contribution in [0, 0.1) is 6.92 Å². The van der Waals surface area contributed by atoms with Crippen molar-refractivity contribution in [1.29, 1.82) is 0 Å². The second-order valence-electron chi connectivity index (χ2n) is 7.61. The first-order valence-corrected chi connectivity index (χ1v) is 12.0. The first-order chi connectivity index (χ1) is 17.7. The zero-order chi connectivity index (χ0) is 26.9. The topological polar surface area (TPSA) is 160 Å². The molecule has 0 spiro atoms. The van der Waals surface area contributed by atoms with Crippen LogP contribution in [0.1, 0.15) is 21.7 Å². The van der Waals surface area contributed by atoms with Crippen molar-refractivity contribution in [2.45, 2.75) is 13.5 Å². The Morgan fingerprint density at radius 3 is 2.49 bits per heavy atom. The largest absolute Gasteiger partial charge is 0.490 e. The highest BCUT2D eigenvalue weighted by Gasteiger charge is 2.24. The summed E-state index contributed by atoms with van der Waals surface area (Å²) in [7, 11) is 0. The van der Waals surface area contributed by atoms with Gasteiger partial charge in [-0.3, -0.25) is 9.59 Å². The van der Waals surface area contributed by atoms with E-state index < -0.39 is 18.0 Å². The monoisotopic (exact) mass is 569 g/mol. The molecule has 2 aromatic carbocycles. The third-order valence-corrected chi connectivity index (χ3v) is 5.50. The molecule has 0 saturated heterocycles. The molecule has 0 aliphatic heterocycles. The minimum atomic E-state index is -1.40. The lowest BCUT2D eigenvalue weighted by atomic mass is 10.1. The van der Waals surface area contributed by atoms with E-state index in [1.807, 2.05) is 0 Å². The van der Waals surface area contributed by atoms with Crippen molar-refractivity contribution in [3.63, 3.8) is 0 Å². The van der Waals surface area contributed by atoms with Crippen molar-refractivity contribution in [3.05, 3.63) is 78.1 Å². The van der Waals surface area contributed by atoms with Crippen LogP contribution in [0.3, 0.4) is 0 Å². The average Bonchev–Trinajstić information content (AvgIpc) is 3.28. The van der Waals surface area contributed by atoms with Gasteiger partial charge in [-0.05, 0) is 48.9 Å². The Morgan fingerprint density at radius 1 is 1.22 bits per heavy atom. The minimum absolute atomic E-state index is 0.0555. The molecule has 1 heterocycles. The van der Waals surface area contributed by atoms with E-state index >= 15 is 0 Å². The molecular weight excluding hydrogens is 546 g/mol. The lowest BCUT2D eigenvalue weighted by Crippen LogP contribution is -2.41. The predicted octanol–water partition coefficient (Wildman–Crippen LogP) is 4.18. The number of carbonyl (C=O) groups excluding carboxylic acids is 2. The molecule has 1 aromatic heterocycles. The zero-order valence-electron chi connectivity index (χ0n) is 19.8. The number of benzene rings is 2. The van der Waals surface area contributed by atoms with Gasteiger partial charge in [-0.1, -0.05) is 45.9 Å². The number of aliphatic imine (C=N–C) groups is 1. The number of aromatic nitrogens is 1. The normalized spacial score (nSPS) is 11.0. The number of aryl methyl sites for hydroxylation is 1. The van der Waals surface area contributed by atoms with Crippen LogP contribution in [-0.4, -0.2) is 51.0 Å². The molecule has 0 unspecified atom stereocenters. The van der Waals surface area contributed by atoms with E-state index in [9.17, 15) is 19.5 Å². The number of alkyl halides is 1. The van der Waals surface area contributed by atoms with Crippen LogP contribution in [0.15, 0.2) is 70.7 Å². The maximum atomic E-state index is 13.0. The number of anilines is 1. The molecule has 0 aliphatic rings. The summed E-state index contributed by atoms with van der Waals surface area (Å²) in [6.45, 7) is 5.31. The Hall–Kier alpha value is -4.45. The summed E-state index contributed by atoms with van der Waals surface area (Å²) >= 11 is 3.06. The Balaban J connectivity index is 1.81. The molecule has 0 radical (unpaired) electrons. The number of hydrogen-bond acceptors (Lipinski definition) is 6. The highest BCUT2D eigenvalue weighted by molar-refractivity contribution is 9.09. The van der Waals surface area contributed by atoms with Crippen LogP contribution >= 0.6 is 15.9 Å². The van der Waals surface area contributed by atoms with Crippen molar-refractivity contribution in [3.8, 4) is 17.0 Å². The first kappa shape index (κ1) is 27.1. The van der Waals surface area contributed by atoms with Crippen LogP contribution in [0.2, 0.25) is 0 Å². The molecule has 4 N–H and O–H groups in total. The number of ether oxygens (including phenoxy) is 1. The fraction of sp³-hybridized carbons (Fsp3) is 0.160. The standard InChI is InChI=1S/C25H24BrN5O6/c1-3-12-36-19-10-6-17(7-11-19)22-21(15(2)37-30-22)23(33)29-24(27)31(25(34)35)14-16-4-8-18(9-5-16)28-20(32)13-26/h3-11H,1,12-14H2,2H3,(H,28,32)(H,34,35)(H2,27,29,33). The highest BCUT2D eigenvalue weighted by Crippen LogP contribution is 2.28. The van der Waals surface area contributed by atoms with Gasteiger partial charge in [0.15, 0.2) is 0 Å². The number of hydrogen-bond donors (Lipinski definition) is 3. The van der Waals surface area contributed by atoms with Gasteiger partial charge in [0.05, 0.1) is 11.9 Å². The van der Waals surface area contributed by atoms with Crippen molar-refractivity contribution >= 4 is 45.5 Å². The molecule has 3 rings (SSSR count). The summed E-state index contributed by atoms with van der Waals surface area (Å²) in [6, 6.07) is 13.3. The Morgan fingerprint density at radius 2 is 1.89 bits per heavy atom. The lowest BCUT2D eigenvalue weighted by molar-refractivity contribution is -0.113. The van der Waals surface area contributed by atoms with Crippen LogP contribution in [0.5, 0.6) is 5.75 Å². The van der Waals surface area contributed by atoms with Gasteiger partial charge in [0.25, 0.3) is 5.91 Å². The second kappa shape index (κ2) is 12.5. The number of nitrogens with two attached hydrogens (primary N) is 1. The fourth-order valence-electron chi connectivity index (χ4n) is 3.22. The summed E-state index contributed by atoms with van der Waals surface area (Å²) in [4.78, 5) is 40.9. The summed E-state index contributed by atoms with van der Waals surface area (Å²) in [5.41, 5.74) is 7.89. The highest BCUT2D eigenvalue weighted by atomic mass is 79.9. The van der Waals surface area contributed by atoms with E-state index in [1.54, 1.807) is 61.5 Å². The van der Waals surface area contributed by atoms with Gasteiger partial charge in [0, 0.05) is 11.3 Å². The summed E-state index contributed by atoms with van der Waals surface area (Å²) in [5.74, 6) is -0.748. The van der Waals surface area contributed by atoms with Crippen molar-refractivity contribution in [1.82, 2.24) is 10.1 Å². The molecule has 192 valence electrons. The van der Waals surface area contributed by atoms with E-state index in [0.29, 0.717) is 29.2 Å². The molecular formula is C25H24BrN5O6. The Labute approximate surface area is 220 Å². The quantitative estimate of drug-likeness (QED) is 0.149. The van der Waals surface area contributed by atoms with E-state index in [-0.39, 0.29) is 34.8 Å². The molecule has 3 amide bonds. The third-order valence-electron chi connectivity index (χ3n) is 5.00. The van der Waals surface area contributed by atoms with E-state index in [2.05, 4.69) is 38.0 Å². The molecule has 0 fully saturated rings. The average molecular weight is 570 g/mol. The summed E-state index contributed by atoms with van der Waals surface area (Å²) in [5, 5.41) is 16.4. The molecule has 11 nitrogen and oxygen atoms in total. The Kier molecular flexibility index (Phi) is 9.16. The van der Waals surface area contributed by atoms with Crippen LogP contribution in [0.4, 0.5) is 10.5 Å². The van der Waals surface area contributed by atoms with Gasteiger partial charge >= 0.3 is 6.09 Å². The fourth-order valence-corrected chi connectivity index (χ4v) is 3.36. The summed E-state index contributed by atoms with van der Waals surface area (Å²) < 4.78 is 10.7. The number of nitrogens with one attached hydrogen (secondary N) is 1. The van der Waals surface area contributed by atoms with Gasteiger partial charge in [0.1, 0.15) is 29.4 Å². The molecule has 0 saturated carbocycles. The van der Waals surface area contributed by atoms with E-state index in [4.69, 9.17) is 15.0 Å². The second-order valence-corrected chi connectivity index (χ2v) is 8.17. The van der Waals surface area contributed by atoms with Crippen LogP contribution in [-0.2, 0) is 11.3 Å².